The molecule has 0 radical (unpaired) electrons. The summed E-state index contributed by atoms with van der Waals surface area (Å²) in [5.74, 6) is -1.53. The Bertz CT molecular complexity index is 2790. The first-order valence-electron chi connectivity index (χ1n) is 23.8. The molecular weight excluding hydrogens is 902 g/mol. The topological polar surface area (TPSA) is 195 Å². The van der Waals surface area contributed by atoms with Gasteiger partial charge in [-0.25, -0.2) is 17.8 Å². The number of amides is 4. The number of ether oxygens (including phenoxy) is 1. The molecular formula is C51H64FN9O7S. The van der Waals surface area contributed by atoms with E-state index in [4.69, 9.17) is 4.74 Å². The Labute approximate surface area is 404 Å². The molecule has 4 N–H and O–H groups in total. The van der Waals surface area contributed by atoms with Gasteiger partial charge in [-0.3, -0.25) is 33.7 Å². The van der Waals surface area contributed by atoms with E-state index in [2.05, 4.69) is 50.0 Å². The molecule has 368 valence electrons. The van der Waals surface area contributed by atoms with E-state index in [9.17, 15) is 27.6 Å². The van der Waals surface area contributed by atoms with Crippen LogP contribution in [0.5, 0.6) is 0 Å². The molecule has 4 amide bonds. The summed E-state index contributed by atoms with van der Waals surface area (Å²) in [6.45, 7) is 18.5. The number of rotatable bonds is 16. The molecule has 2 fully saturated rings. The summed E-state index contributed by atoms with van der Waals surface area (Å²) < 4.78 is 49.4. The van der Waals surface area contributed by atoms with Crippen LogP contribution in [0.25, 0.3) is 0 Å². The number of hydrogen-bond acceptors (Lipinski definition) is 13. The van der Waals surface area contributed by atoms with E-state index in [1.54, 1.807) is 45.2 Å². The van der Waals surface area contributed by atoms with Crippen molar-refractivity contribution in [2.75, 3.05) is 53.0 Å². The normalized spacial score (nSPS) is 18.4. The lowest BCUT2D eigenvalue weighted by molar-refractivity contribution is -0.136. The summed E-state index contributed by atoms with van der Waals surface area (Å²) in [7, 11) is -3.56. The first-order chi connectivity index (χ1) is 32.5. The van der Waals surface area contributed by atoms with Gasteiger partial charge in [0.05, 0.1) is 27.2 Å². The Morgan fingerprint density at radius 1 is 0.855 bits per heavy atom. The molecule has 69 heavy (non-hydrogen) atoms. The number of aromatic nitrogens is 2. The molecule has 4 aromatic rings. The minimum atomic E-state index is -3.56. The van der Waals surface area contributed by atoms with E-state index in [-0.39, 0.29) is 35.7 Å². The van der Waals surface area contributed by atoms with Gasteiger partial charge in [0.1, 0.15) is 17.7 Å². The quantitative estimate of drug-likeness (QED) is 0.0791. The lowest BCUT2D eigenvalue weighted by Crippen LogP contribution is -2.54. The number of hydrogen-bond donors (Lipinski definition) is 4. The van der Waals surface area contributed by atoms with Crippen LogP contribution >= 0.6 is 0 Å². The zero-order chi connectivity index (χ0) is 49.6. The van der Waals surface area contributed by atoms with E-state index in [1.165, 1.54) is 10.4 Å². The number of carbonyl (C=O) groups excluding carboxylic acids is 4. The second-order valence-electron chi connectivity index (χ2n) is 20.9. The highest BCUT2D eigenvalue weighted by Gasteiger charge is 2.46. The highest BCUT2D eigenvalue weighted by Crippen LogP contribution is 2.38. The van der Waals surface area contributed by atoms with E-state index in [1.807, 2.05) is 51.1 Å². The highest BCUT2D eigenvalue weighted by atomic mass is 32.2. The Morgan fingerprint density at radius 2 is 1.58 bits per heavy atom. The minimum absolute atomic E-state index is 0.0542. The van der Waals surface area contributed by atoms with Gasteiger partial charge in [0.2, 0.25) is 27.8 Å². The maximum atomic E-state index is 15.8. The van der Waals surface area contributed by atoms with Crippen LogP contribution in [0, 0.1) is 12.7 Å². The zero-order valence-corrected chi connectivity index (χ0v) is 41.6. The number of fused-ring (bicyclic) bond motifs is 2. The third kappa shape index (κ3) is 10.6. The fraction of sp³-hybridized carbons (Fsp3) is 0.490. The third-order valence-electron chi connectivity index (χ3n) is 13.7. The van der Waals surface area contributed by atoms with Crippen molar-refractivity contribution < 1.29 is 36.7 Å². The van der Waals surface area contributed by atoms with E-state index in [0.717, 1.165) is 54.9 Å². The van der Waals surface area contributed by atoms with Gasteiger partial charge >= 0.3 is 0 Å². The maximum absolute atomic E-state index is 15.8. The predicted molar refractivity (Wildman–Crippen MR) is 264 cm³/mol. The smallest absolute Gasteiger partial charge is 0.264 e. The molecule has 3 aromatic carbocycles. The molecule has 8 rings (SSSR count). The van der Waals surface area contributed by atoms with Gasteiger partial charge in [0, 0.05) is 60.5 Å². The number of sulfonamides is 1. The van der Waals surface area contributed by atoms with Crippen molar-refractivity contribution in [3.05, 3.63) is 94.4 Å². The van der Waals surface area contributed by atoms with Crippen molar-refractivity contribution in [2.45, 2.75) is 128 Å². The van der Waals surface area contributed by atoms with Gasteiger partial charge in [0.15, 0.2) is 0 Å². The monoisotopic (exact) mass is 965 g/mol. The van der Waals surface area contributed by atoms with Crippen LogP contribution < -0.4 is 25.6 Å². The van der Waals surface area contributed by atoms with Gasteiger partial charge in [-0.1, -0.05) is 18.2 Å². The maximum Gasteiger partial charge on any atom is 0.264 e. The standard InChI is InChI=1S/C51H64FN9O7S/c1-31-30-53-48(57-44(31)54-35-13-12-33-20-25-60(41(33)29-35)69(66,67)49(2,3)4)55-34-14-15-36(38(52)28-34)32-18-23-59(24-19-32)26-21-51(7,8)68-27-22-50(5,6)58-39-11-9-10-37-43(39)47(65)61(46(37)64)40-16-17-42(62)56-45(40)63/h9-15,28-30,32,40,58H,16-27H2,1-8H3,(H,56,62,63)(H2,53,54,55,57). The SMILES string of the molecule is Cc1cnc(Nc2ccc(C3CCN(CCC(C)(C)OCCC(C)(C)Nc4cccc5c4C(=O)N(C4CCC(=O)NC4=O)C5=O)CC3)c(F)c2)nc1Nc1ccc2c(c1)N(S(=O)(=O)C(C)(C)C)CC2. The molecule has 0 aliphatic carbocycles. The molecule has 5 heterocycles. The number of carbonyl (C=O) groups is 4. The second-order valence-corrected chi connectivity index (χ2v) is 23.5. The first kappa shape index (κ1) is 49.4. The largest absolute Gasteiger partial charge is 0.379 e. The number of nitrogens with one attached hydrogen (secondary N) is 4. The highest BCUT2D eigenvalue weighted by molar-refractivity contribution is 7.94. The molecule has 1 atom stereocenters. The van der Waals surface area contributed by atoms with Crippen LogP contribution in [0.1, 0.15) is 130 Å². The fourth-order valence-electron chi connectivity index (χ4n) is 9.43. The number of piperidine rings is 2. The van der Waals surface area contributed by atoms with Crippen molar-refractivity contribution >= 4 is 68.2 Å². The molecule has 0 spiro atoms. The van der Waals surface area contributed by atoms with Crippen molar-refractivity contribution in [1.82, 2.24) is 25.1 Å². The van der Waals surface area contributed by atoms with Crippen molar-refractivity contribution in [3.63, 3.8) is 0 Å². The van der Waals surface area contributed by atoms with Crippen LogP contribution in [0.15, 0.2) is 60.8 Å². The van der Waals surface area contributed by atoms with Gasteiger partial charge in [-0.15, -0.1) is 0 Å². The molecule has 18 heteroatoms. The minimum Gasteiger partial charge on any atom is -0.379 e. The third-order valence-corrected chi connectivity index (χ3v) is 16.2. The number of likely N-dealkylation sites (tertiary alicyclic amines) is 1. The number of imide groups is 2. The van der Waals surface area contributed by atoms with Crippen molar-refractivity contribution in [2.24, 2.45) is 0 Å². The van der Waals surface area contributed by atoms with Gasteiger partial charge < -0.3 is 25.6 Å². The molecule has 16 nitrogen and oxygen atoms in total. The second kappa shape index (κ2) is 19.1. The van der Waals surface area contributed by atoms with Crippen LogP contribution in [0.4, 0.5) is 38.9 Å². The van der Waals surface area contributed by atoms with Crippen LogP contribution in [0.3, 0.4) is 0 Å². The number of aryl methyl sites for hydroxylation is 1. The molecule has 1 aromatic heterocycles. The van der Waals surface area contributed by atoms with Crippen molar-refractivity contribution in [3.8, 4) is 0 Å². The summed E-state index contributed by atoms with van der Waals surface area (Å²) in [6.07, 6.45) is 5.52. The molecule has 0 saturated carbocycles. The van der Waals surface area contributed by atoms with Gasteiger partial charge in [-0.2, -0.15) is 4.98 Å². The summed E-state index contributed by atoms with van der Waals surface area (Å²) in [5.41, 5.74) is 4.34. The lowest BCUT2D eigenvalue weighted by atomic mass is 9.88. The number of nitrogens with zero attached hydrogens (tertiary/aromatic N) is 5. The van der Waals surface area contributed by atoms with E-state index in [0.29, 0.717) is 66.1 Å². The molecule has 2 saturated heterocycles. The zero-order valence-electron chi connectivity index (χ0n) is 40.8. The molecule has 4 aliphatic rings. The summed E-state index contributed by atoms with van der Waals surface area (Å²) >= 11 is 0. The van der Waals surface area contributed by atoms with Crippen molar-refractivity contribution in [1.29, 1.82) is 0 Å². The van der Waals surface area contributed by atoms with Gasteiger partial charge in [-0.05, 0) is 160 Å². The van der Waals surface area contributed by atoms with E-state index < -0.39 is 55.6 Å². The van der Waals surface area contributed by atoms with Crippen LogP contribution in [0.2, 0.25) is 0 Å². The Hall–Kier alpha value is -5.98. The molecule has 0 bridgehead atoms. The average molecular weight is 966 g/mol. The predicted octanol–water partition coefficient (Wildman–Crippen LogP) is 7.95. The summed E-state index contributed by atoms with van der Waals surface area (Å²) in [5, 5.41) is 12.2. The summed E-state index contributed by atoms with van der Waals surface area (Å²) in [6, 6.07) is 14.9. The Morgan fingerprint density at radius 3 is 2.29 bits per heavy atom. The van der Waals surface area contributed by atoms with Crippen LogP contribution in [-0.4, -0.2) is 107 Å². The Kier molecular flexibility index (Phi) is 13.7. The average Bonchev–Trinajstić information content (AvgIpc) is 3.82. The molecule has 1 unspecified atom stereocenters. The van der Waals surface area contributed by atoms with E-state index >= 15 is 4.39 Å². The number of anilines is 6. The van der Waals surface area contributed by atoms with Gasteiger partial charge in [0.25, 0.3) is 11.8 Å². The Balaban J connectivity index is 0.795. The van der Waals surface area contributed by atoms with Crippen LogP contribution in [-0.2, 0) is 30.8 Å². The molecule has 4 aliphatic heterocycles. The first-order valence-corrected chi connectivity index (χ1v) is 25.3. The summed E-state index contributed by atoms with van der Waals surface area (Å²) in [4.78, 5) is 63.7. The fourth-order valence-corrected chi connectivity index (χ4v) is 10.9. The number of halogens is 1. The lowest BCUT2D eigenvalue weighted by Gasteiger charge is -2.35. The number of benzene rings is 3.